The van der Waals surface area contributed by atoms with Gasteiger partial charge in [-0.3, -0.25) is 4.98 Å². The highest BCUT2D eigenvalue weighted by Crippen LogP contribution is 2.33. The smallest absolute Gasteiger partial charge is 0.176 e. The molecule has 0 aromatic carbocycles. The monoisotopic (exact) mass is 317 g/mol. The number of nitrogens with zero attached hydrogens (tertiary/aromatic N) is 5. The van der Waals surface area contributed by atoms with Crippen LogP contribution in [0, 0.1) is 0 Å². The van der Waals surface area contributed by atoms with E-state index >= 15 is 0 Å². The van der Waals surface area contributed by atoms with E-state index in [0.29, 0.717) is 0 Å². The quantitative estimate of drug-likeness (QED) is 0.673. The van der Waals surface area contributed by atoms with Gasteiger partial charge in [-0.05, 0) is 25.3 Å². The average molecular weight is 317 g/mol. The zero-order chi connectivity index (χ0) is 14.7. The van der Waals surface area contributed by atoms with E-state index in [1.807, 2.05) is 30.7 Å². The highest BCUT2D eigenvalue weighted by molar-refractivity contribution is 8.00. The molecule has 0 saturated heterocycles. The van der Waals surface area contributed by atoms with Crippen LogP contribution in [0.3, 0.4) is 0 Å². The van der Waals surface area contributed by atoms with Crippen molar-refractivity contribution >= 4 is 39.3 Å². The Bertz CT molecular complexity index is 729. The van der Waals surface area contributed by atoms with Crippen molar-refractivity contribution in [2.45, 2.75) is 17.8 Å². The lowest BCUT2D eigenvalue weighted by atomic mass is 10.3. The number of anilines is 1. The van der Waals surface area contributed by atoms with Gasteiger partial charge in [0.15, 0.2) is 15.8 Å². The maximum absolute atomic E-state index is 4.50. The minimum atomic E-state index is 0.732. The third-order valence-electron chi connectivity index (χ3n) is 3.09. The van der Waals surface area contributed by atoms with Crippen LogP contribution < -0.4 is 4.90 Å². The first-order chi connectivity index (χ1) is 10.3. The van der Waals surface area contributed by atoms with E-state index in [4.69, 9.17) is 0 Å². The number of fused-ring (bicyclic) bond motifs is 1. The van der Waals surface area contributed by atoms with E-state index in [9.17, 15) is 0 Å². The molecule has 3 aromatic rings. The van der Waals surface area contributed by atoms with Crippen molar-refractivity contribution in [2.24, 2.45) is 0 Å². The van der Waals surface area contributed by atoms with Crippen molar-refractivity contribution in [2.75, 3.05) is 17.7 Å². The number of pyridine rings is 1. The molecule has 0 spiro atoms. The maximum Gasteiger partial charge on any atom is 0.176 e. The largest absolute Gasteiger partial charge is 0.350 e. The lowest BCUT2D eigenvalue weighted by Gasteiger charge is -2.21. The highest BCUT2D eigenvalue weighted by Gasteiger charge is 2.15. The van der Waals surface area contributed by atoms with Gasteiger partial charge in [-0.1, -0.05) is 17.8 Å². The number of thioether (sulfide) groups is 1. The van der Waals surface area contributed by atoms with Crippen molar-refractivity contribution in [3.05, 3.63) is 36.4 Å². The summed E-state index contributed by atoms with van der Waals surface area (Å²) in [6.45, 7) is 3.71. The standard InChI is InChI=1S/C14H15N5S2/c1-3-19(8-10-6-4-5-7-15-10)13-11-12(16-9-17-13)18-14(20-2)21-11/h4-7,9H,3,8H2,1-2H3. The second-order valence-electron chi connectivity index (χ2n) is 4.37. The van der Waals surface area contributed by atoms with Crippen LogP contribution in [0.1, 0.15) is 12.6 Å². The van der Waals surface area contributed by atoms with Crippen molar-refractivity contribution in [3.8, 4) is 0 Å². The van der Waals surface area contributed by atoms with E-state index in [-0.39, 0.29) is 0 Å². The summed E-state index contributed by atoms with van der Waals surface area (Å²) in [5.41, 5.74) is 1.80. The van der Waals surface area contributed by atoms with Gasteiger partial charge in [0, 0.05) is 12.7 Å². The average Bonchev–Trinajstić information content (AvgIpc) is 2.97. The fraction of sp³-hybridized carbons (Fsp3) is 0.286. The molecule has 0 atom stereocenters. The molecule has 0 N–H and O–H groups in total. The highest BCUT2D eigenvalue weighted by atomic mass is 32.2. The van der Waals surface area contributed by atoms with E-state index in [1.54, 1.807) is 29.4 Å². The van der Waals surface area contributed by atoms with Crippen LogP contribution >= 0.6 is 23.1 Å². The molecular formula is C14H15N5S2. The Morgan fingerprint density at radius 1 is 1.24 bits per heavy atom. The second-order valence-corrected chi connectivity index (χ2v) is 6.42. The Balaban J connectivity index is 1.98. The number of hydrogen-bond acceptors (Lipinski definition) is 7. The summed E-state index contributed by atoms with van der Waals surface area (Å²) >= 11 is 3.28. The summed E-state index contributed by atoms with van der Waals surface area (Å²) in [4.78, 5) is 19.8. The summed E-state index contributed by atoms with van der Waals surface area (Å²) in [6.07, 6.45) is 5.43. The van der Waals surface area contributed by atoms with Gasteiger partial charge in [0.1, 0.15) is 11.0 Å². The Kier molecular flexibility index (Phi) is 4.31. The molecule has 0 fully saturated rings. The van der Waals surface area contributed by atoms with E-state index in [2.05, 4.69) is 31.8 Å². The van der Waals surface area contributed by atoms with Crippen LogP contribution in [0.15, 0.2) is 35.1 Å². The lowest BCUT2D eigenvalue weighted by molar-refractivity contribution is 0.797. The van der Waals surface area contributed by atoms with Crippen LogP contribution in [0.25, 0.3) is 10.3 Å². The zero-order valence-electron chi connectivity index (χ0n) is 11.9. The van der Waals surface area contributed by atoms with E-state index < -0.39 is 0 Å². The summed E-state index contributed by atoms with van der Waals surface area (Å²) in [6, 6.07) is 5.96. The second kappa shape index (κ2) is 6.36. The number of rotatable bonds is 5. The van der Waals surface area contributed by atoms with Gasteiger partial charge < -0.3 is 4.90 Å². The topological polar surface area (TPSA) is 54.8 Å². The van der Waals surface area contributed by atoms with Gasteiger partial charge in [-0.15, -0.1) is 11.3 Å². The Hall–Kier alpha value is -1.73. The lowest BCUT2D eigenvalue weighted by Crippen LogP contribution is -2.23. The molecule has 0 amide bonds. The van der Waals surface area contributed by atoms with Crippen LogP contribution in [0.5, 0.6) is 0 Å². The van der Waals surface area contributed by atoms with Crippen molar-refractivity contribution < 1.29 is 0 Å². The van der Waals surface area contributed by atoms with Gasteiger partial charge in [0.05, 0.1) is 12.2 Å². The minimum Gasteiger partial charge on any atom is -0.350 e. The van der Waals surface area contributed by atoms with Crippen LogP contribution in [0.4, 0.5) is 5.82 Å². The fourth-order valence-electron chi connectivity index (χ4n) is 2.06. The van der Waals surface area contributed by atoms with E-state index in [1.165, 1.54) is 0 Å². The molecule has 108 valence electrons. The number of aromatic nitrogens is 4. The van der Waals surface area contributed by atoms with Crippen molar-refractivity contribution in [3.63, 3.8) is 0 Å². The molecule has 0 radical (unpaired) electrons. The van der Waals surface area contributed by atoms with Crippen LogP contribution in [-0.4, -0.2) is 32.7 Å². The first-order valence-electron chi connectivity index (χ1n) is 6.62. The number of hydrogen-bond donors (Lipinski definition) is 0. The molecule has 3 rings (SSSR count). The zero-order valence-corrected chi connectivity index (χ0v) is 13.5. The normalized spacial score (nSPS) is 11.0. The fourth-order valence-corrected chi connectivity index (χ4v) is 3.59. The summed E-state index contributed by atoms with van der Waals surface area (Å²) in [5.74, 6) is 0.936. The van der Waals surface area contributed by atoms with Crippen molar-refractivity contribution in [1.82, 2.24) is 19.9 Å². The Morgan fingerprint density at radius 3 is 2.86 bits per heavy atom. The SMILES string of the molecule is CCN(Cc1ccccn1)c1ncnc2nc(SC)sc12. The van der Waals surface area contributed by atoms with E-state index in [0.717, 1.165) is 39.3 Å². The summed E-state index contributed by atoms with van der Waals surface area (Å²) in [7, 11) is 0. The molecule has 0 bridgehead atoms. The molecule has 0 aliphatic heterocycles. The molecule has 21 heavy (non-hydrogen) atoms. The predicted octanol–water partition coefficient (Wildman–Crippen LogP) is 3.23. The molecule has 0 aliphatic rings. The Morgan fingerprint density at radius 2 is 2.14 bits per heavy atom. The maximum atomic E-state index is 4.50. The van der Waals surface area contributed by atoms with Gasteiger partial charge in [0.25, 0.3) is 0 Å². The van der Waals surface area contributed by atoms with Crippen molar-refractivity contribution in [1.29, 1.82) is 0 Å². The molecule has 0 saturated carbocycles. The molecule has 5 nitrogen and oxygen atoms in total. The van der Waals surface area contributed by atoms with Crippen LogP contribution in [0.2, 0.25) is 0 Å². The van der Waals surface area contributed by atoms with Gasteiger partial charge in [-0.2, -0.15) is 0 Å². The number of thiazole rings is 1. The third kappa shape index (κ3) is 2.98. The molecule has 0 unspecified atom stereocenters. The van der Waals surface area contributed by atoms with Crippen LogP contribution in [-0.2, 0) is 6.54 Å². The van der Waals surface area contributed by atoms with Gasteiger partial charge >= 0.3 is 0 Å². The molecule has 7 heteroatoms. The van der Waals surface area contributed by atoms with Gasteiger partial charge in [0.2, 0.25) is 0 Å². The summed E-state index contributed by atoms with van der Waals surface area (Å²) < 4.78 is 2.06. The minimum absolute atomic E-state index is 0.732. The molecule has 3 heterocycles. The molecular weight excluding hydrogens is 302 g/mol. The summed E-state index contributed by atoms with van der Waals surface area (Å²) in [5, 5.41) is 0. The first kappa shape index (κ1) is 14.2. The van der Waals surface area contributed by atoms with Gasteiger partial charge in [-0.25, -0.2) is 15.0 Å². The first-order valence-corrected chi connectivity index (χ1v) is 8.66. The third-order valence-corrected chi connectivity index (χ3v) is 5.11. The molecule has 0 aliphatic carbocycles. The Labute approximate surface area is 131 Å². The molecule has 3 aromatic heterocycles. The predicted molar refractivity (Wildman–Crippen MR) is 88.0 cm³/mol.